The van der Waals surface area contributed by atoms with Gasteiger partial charge in [-0.2, -0.15) is 13.2 Å². The Hall–Kier alpha value is -3.20. The van der Waals surface area contributed by atoms with E-state index < -0.39 is 23.1 Å². The number of rotatable bonds is 3. The van der Waals surface area contributed by atoms with Crippen LogP contribution in [0.1, 0.15) is 22.4 Å². The molecule has 3 N–H and O–H groups in total. The number of hydrogen-bond acceptors (Lipinski definition) is 4. The lowest BCUT2D eigenvalue weighted by Crippen LogP contribution is -2.36. The molecule has 156 valence electrons. The van der Waals surface area contributed by atoms with Crippen LogP contribution in [0, 0.1) is 5.82 Å². The number of nitrogens with two attached hydrogens (primary N) is 1. The first-order valence-electron chi connectivity index (χ1n) is 9.27. The maximum atomic E-state index is 14.2. The number of halogens is 4. The second-order valence-electron chi connectivity index (χ2n) is 7.19. The molecule has 0 amide bonds. The van der Waals surface area contributed by atoms with Crippen LogP contribution in [0.15, 0.2) is 47.3 Å². The Balaban J connectivity index is 1.61. The van der Waals surface area contributed by atoms with Gasteiger partial charge in [0.15, 0.2) is 0 Å². The van der Waals surface area contributed by atoms with E-state index in [9.17, 15) is 22.4 Å². The van der Waals surface area contributed by atoms with E-state index in [2.05, 4.69) is 9.97 Å². The van der Waals surface area contributed by atoms with Crippen molar-refractivity contribution in [3.8, 4) is 11.4 Å². The van der Waals surface area contributed by atoms with Crippen molar-refractivity contribution >= 4 is 5.69 Å². The summed E-state index contributed by atoms with van der Waals surface area (Å²) >= 11 is 0. The molecule has 0 spiro atoms. The zero-order valence-corrected chi connectivity index (χ0v) is 15.8. The van der Waals surface area contributed by atoms with Gasteiger partial charge in [0.25, 0.3) is 5.56 Å². The number of fused-ring (bicyclic) bond motifs is 1. The first kappa shape index (κ1) is 20.1. The molecule has 2 heterocycles. The first-order chi connectivity index (χ1) is 14.2. The van der Waals surface area contributed by atoms with Gasteiger partial charge in [0.2, 0.25) is 0 Å². The molecule has 0 saturated heterocycles. The summed E-state index contributed by atoms with van der Waals surface area (Å²) in [7, 11) is 0. The fourth-order valence-corrected chi connectivity index (χ4v) is 3.60. The lowest BCUT2D eigenvalue weighted by Gasteiger charge is -2.28. The van der Waals surface area contributed by atoms with Crippen molar-refractivity contribution in [2.75, 3.05) is 12.3 Å². The molecule has 30 heavy (non-hydrogen) atoms. The third kappa shape index (κ3) is 3.93. The van der Waals surface area contributed by atoms with E-state index >= 15 is 0 Å². The molecule has 0 atom stereocenters. The quantitative estimate of drug-likeness (QED) is 0.502. The van der Waals surface area contributed by atoms with Crippen LogP contribution in [0.2, 0.25) is 0 Å². The van der Waals surface area contributed by atoms with Crippen LogP contribution in [0.5, 0.6) is 0 Å². The minimum absolute atomic E-state index is 0.0886. The number of hydrogen-bond donors (Lipinski definition) is 2. The molecule has 0 radical (unpaired) electrons. The van der Waals surface area contributed by atoms with Crippen molar-refractivity contribution in [2.24, 2.45) is 0 Å². The number of nitrogen functional groups attached to an aromatic ring is 1. The van der Waals surface area contributed by atoms with Crippen molar-refractivity contribution in [3.63, 3.8) is 0 Å². The Morgan fingerprint density at radius 1 is 1.13 bits per heavy atom. The molecule has 1 aliphatic rings. The number of nitrogens with one attached hydrogen (secondary N) is 1. The molecule has 2 aromatic carbocycles. The van der Waals surface area contributed by atoms with Crippen LogP contribution in [0.4, 0.5) is 23.2 Å². The van der Waals surface area contributed by atoms with Crippen molar-refractivity contribution in [2.45, 2.75) is 25.7 Å². The molecule has 9 heteroatoms. The van der Waals surface area contributed by atoms with E-state index in [0.29, 0.717) is 41.3 Å². The average Bonchev–Trinajstić information content (AvgIpc) is 2.69. The second-order valence-corrected chi connectivity index (χ2v) is 7.19. The molecule has 0 bridgehead atoms. The minimum Gasteiger partial charge on any atom is -0.399 e. The van der Waals surface area contributed by atoms with Crippen molar-refractivity contribution < 1.29 is 17.6 Å². The molecular formula is C21H18F4N4O. The maximum absolute atomic E-state index is 14.2. The highest BCUT2D eigenvalue weighted by Gasteiger charge is 2.35. The van der Waals surface area contributed by atoms with Crippen LogP contribution in [0.3, 0.4) is 0 Å². The molecule has 1 aliphatic heterocycles. The number of aromatic amines is 1. The summed E-state index contributed by atoms with van der Waals surface area (Å²) in [6.45, 7) is 0.196. The van der Waals surface area contributed by atoms with Gasteiger partial charge in [0.1, 0.15) is 11.6 Å². The maximum Gasteiger partial charge on any atom is 0.416 e. The Labute approximate surface area is 169 Å². The molecule has 0 saturated carbocycles. The lowest BCUT2D eigenvalue weighted by atomic mass is 10.0. The fraction of sp³-hybridized carbons (Fsp3) is 0.238. The molecule has 0 aliphatic carbocycles. The lowest BCUT2D eigenvalue weighted by molar-refractivity contribution is -0.138. The standard InChI is InChI=1S/C21H18F4N4O/c22-17-3-1-2-16(21(23,24)25)14(17)10-29-9-8-18-15(11-29)20(30)28-19(27-18)12-4-6-13(26)7-5-12/h1-7H,8-11,26H2,(H,27,28,30). The summed E-state index contributed by atoms with van der Waals surface area (Å²) in [4.78, 5) is 21.5. The SMILES string of the molecule is Nc1ccc(-c2nc3c(c(=O)[nH]2)CN(Cc2c(F)cccc2C(F)(F)F)CC3)cc1. The number of H-pyrrole nitrogens is 1. The Bertz CT molecular complexity index is 1140. The highest BCUT2D eigenvalue weighted by molar-refractivity contribution is 5.58. The summed E-state index contributed by atoms with van der Waals surface area (Å²) in [5.74, 6) is -0.512. The third-order valence-electron chi connectivity index (χ3n) is 5.14. The number of benzene rings is 2. The summed E-state index contributed by atoms with van der Waals surface area (Å²) < 4.78 is 53.9. The minimum atomic E-state index is -4.65. The van der Waals surface area contributed by atoms with Crippen LogP contribution in [0.25, 0.3) is 11.4 Å². The van der Waals surface area contributed by atoms with Gasteiger partial charge in [0.05, 0.1) is 16.8 Å². The van der Waals surface area contributed by atoms with E-state index in [1.165, 1.54) is 0 Å². The summed E-state index contributed by atoms with van der Waals surface area (Å²) in [6.07, 6.45) is -4.28. The number of anilines is 1. The van der Waals surface area contributed by atoms with Gasteiger partial charge < -0.3 is 10.7 Å². The molecule has 5 nitrogen and oxygen atoms in total. The van der Waals surface area contributed by atoms with Crippen LogP contribution in [-0.2, 0) is 25.7 Å². The highest BCUT2D eigenvalue weighted by atomic mass is 19.4. The largest absolute Gasteiger partial charge is 0.416 e. The van der Waals surface area contributed by atoms with Gasteiger partial charge in [-0.1, -0.05) is 6.07 Å². The van der Waals surface area contributed by atoms with Gasteiger partial charge in [-0.25, -0.2) is 9.37 Å². The Kier molecular flexibility index (Phi) is 5.07. The predicted molar refractivity (Wildman–Crippen MR) is 104 cm³/mol. The Morgan fingerprint density at radius 2 is 1.87 bits per heavy atom. The van der Waals surface area contributed by atoms with Crippen molar-refractivity contribution in [1.82, 2.24) is 14.9 Å². The summed E-state index contributed by atoms with van der Waals surface area (Å²) in [6, 6.07) is 9.80. The van der Waals surface area contributed by atoms with Gasteiger partial charge >= 0.3 is 6.18 Å². The zero-order valence-electron chi connectivity index (χ0n) is 15.8. The van der Waals surface area contributed by atoms with E-state index in [0.717, 1.165) is 18.2 Å². The van der Waals surface area contributed by atoms with E-state index in [1.807, 2.05) is 0 Å². The molecule has 3 aromatic rings. The van der Waals surface area contributed by atoms with E-state index in [1.54, 1.807) is 29.2 Å². The summed E-state index contributed by atoms with van der Waals surface area (Å²) in [5, 5.41) is 0. The number of aromatic nitrogens is 2. The topological polar surface area (TPSA) is 75.0 Å². The summed E-state index contributed by atoms with van der Waals surface area (Å²) in [5.41, 5.74) is 6.15. The fourth-order valence-electron chi connectivity index (χ4n) is 3.60. The van der Waals surface area contributed by atoms with Gasteiger partial charge in [-0.15, -0.1) is 0 Å². The first-order valence-corrected chi connectivity index (χ1v) is 9.27. The van der Waals surface area contributed by atoms with Crippen molar-refractivity contribution in [3.05, 3.63) is 81.0 Å². The smallest absolute Gasteiger partial charge is 0.399 e. The number of alkyl halides is 3. The van der Waals surface area contributed by atoms with Gasteiger partial charge in [0, 0.05) is 42.9 Å². The average molecular weight is 418 g/mol. The van der Waals surface area contributed by atoms with Gasteiger partial charge in [-0.05, 0) is 36.4 Å². The molecule has 0 unspecified atom stereocenters. The highest BCUT2D eigenvalue weighted by Crippen LogP contribution is 2.34. The predicted octanol–water partition coefficient (Wildman–Crippen LogP) is 3.74. The van der Waals surface area contributed by atoms with Crippen LogP contribution < -0.4 is 11.3 Å². The molecule has 0 fully saturated rings. The normalized spacial score (nSPS) is 14.5. The van der Waals surface area contributed by atoms with E-state index in [-0.39, 0.29) is 18.6 Å². The van der Waals surface area contributed by atoms with E-state index in [4.69, 9.17) is 5.73 Å². The molecule has 1 aromatic heterocycles. The van der Waals surface area contributed by atoms with Crippen LogP contribution >= 0.6 is 0 Å². The number of nitrogens with zero attached hydrogens (tertiary/aromatic N) is 2. The third-order valence-corrected chi connectivity index (χ3v) is 5.14. The Morgan fingerprint density at radius 3 is 2.57 bits per heavy atom. The molecular weight excluding hydrogens is 400 g/mol. The van der Waals surface area contributed by atoms with Gasteiger partial charge in [-0.3, -0.25) is 9.69 Å². The van der Waals surface area contributed by atoms with Crippen LogP contribution in [-0.4, -0.2) is 21.4 Å². The molecule has 4 rings (SSSR count). The zero-order chi connectivity index (χ0) is 21.5. The monoisotopic (exact) mass is 418 g/mol. The second kappa shape index (κ2) is 7.56. The van der Waals surface area contributed by atoms with Crippen molar-refractivity contribution in [1.29, 1.82) is 0 Å².